The van der Waals surface area contributed by atoms with Crippen molar-refractivity contribution < 1.29 is 13.9 Å². The van der Waals surface area contributed by atoms with Crippen molar-refractivity contribution in [1.82, 2.24) is 14.8 Å². The maximum absolute atomic E-state index is 13.7. The highest BCUT2D eigenvalue weighted by molar-refractivity contribution is 7.12. The van der Waals surface area contributed by atoms with Crippen molar-refractivity contribution in [2.24, 2.45) is 0 Å². The lowest BCUT2D eigenvalue weighted by molar-refractivity contribution is -0.0507. The molecule has 2 atom stereocenters. The number of aromatic nitrogens is 1. The van der Waals surface area contributed by atoms with Crippen LogP contribution in [0.25, 0.3) is 0 Å². The smallest absolute Gasteiger partial charge is 0.267 e. The van der Waals surface area contributed by atoms with E-state index in [0.29, 0.717) is 19.7 Å². The van der Waals surface area contributed by atoms with E-state index in [4.69, 9.17) is 4.74 Å². The summed E-state index contributed by atoms with van der Waals surface area (Å²) in [4.78, 5) is 21.3. The maximum atomic E-state index is 13.7. The molecule has 0 unspecified atom stereocenters. The fraction of sp³-hybridized carbons (Fsp3) is 0.500. The number of hydrogen-bond acceptors (Lipinski definition) is 6. The molecule has 2 aliphatic rings. The number of thiophene rings is 1. The number of carbonyl (C=O) groups excluding carboxylic acids is 1. The zero-order valence-corrected chi connectivity index (χ0v) is 14.9. The average Bonchev–Trinajstić information content (AvgIpc) is 3.27. The van der Waals surface area contributed by atoms with Gasteiger partial charge in [-0.2, -0.15) is 0 Å². The molecule has 2 aliphatic heterocycles. The van der Waals surface area contributed by atoms with E-state index < -0.39 is 5.82 Å². The summed E-state index contributed by atoms with van der Waals surface area (Å²) in [6.45, 7) is 5.34. The third-order valence-corrected chi connectivity index (χ3v) is 6.25. The molecule has 1 amide bonds. The number of carbonyl (C=O) groups is 1. The second-order valence-electron chi connectivity index (χ2n) is 6.11. The van der Waals surface area contributed by atoms with Crippen molar-refractivity contribution in [1.29, 1.82) is 0 Å². The number of hydrogen-bond donors (Lipinski definition) is 0. The summed E-state index contributed by atoms with van der Waals surface area (Å²) in [5.41, 5.74) is 1.06. The van der Waals surface area contributed by atoms with Gasteiger partial charge in [-0.3, -0.25) is 9.69 Å². The van der Waals surface area contributed by atoms with Gasteiger partial charge in [0.15, 0.2) is 0 Å². The van der Waals surface area contributed by atoms with Crippen LogP contribution in [0.15, 0.2) is 16.8 Å². The minimum absolute atomic E-state index is 0.00884. The zero-order chi connectivity index (χ0) is 16.7. The Kier molecular flexibility index (Phi) is 4.38. The largest absolute Gasteiger partial charge is 0.373 e. The summed E-state index contributed by atoms with van der Waals surface area (Å²) in [7, 11) is 0. The highest BCUT2D eigenvalue weighted by Gasteiger charge is 2.42. The van der Waals surface area contributed by atoms with Gasteiger partial charge < -0.3 is 9.64 Å². The first kappa shape index (κ1) is 16.1. The van der Waals surface area contributed by atoms with Crippen molar-refractivity contribution in [2.75, 3.05) is 26.2 Å². The first-order chi connectivity index (χ1) is 11.6. The number of morpholine rings is 1. The Morgan fingerprint density at radius 3 is 3.04 bits per heavy atom. The van der Waals surface area contributed by atoms with Crippen LogP contribution in [0.5, 0.6) is 0 Å². The topological polar surface area (TPSA) is 45.7 Å². The van der Waals surface area contributed by atoms with E-state index in [-0.39, 0.29) is 22.9 Å². The van der Waals surface area contributed by atoms with Crippen LogP contribution in [0.2, 0.25) is 0 Å². The summed E-state index contributed by atoms with van der Waals surface area (Å²) in [6, 6.07) is 1.49. The molecule has 2 aromatic rings. The Hall–Kier alpha value is -1.35. The van der Waals surface area contributed by atoms with Crippen LogP contribution in [0.4, 0.5) is 4.39 Å². The van der Waals surface area contributed by atoms with E-state index in [9.17, 15) is 9.18 Å². The Bertz CT molecular complexity index is 747. The predicted octanol–water partition coefficient (Wildman–Crippen LogP) is 2.38. The number of amides is 1. The van der Waals surface area contributed by atoms with Crippen molar-refractivity contribution in [3.05, 3.63) is 38.2 Å². The van der Waals surface area contributed by atoms with Crippen LogP contribution in [0.3, 0.4) is 0 Å². The number of thiazole rings is 1. The van der Waals surface area contributed by atoms with Crippen molar-refractivity contribution in [2.45, 2.75) is 25.6 Å². The lowest BCUT2D eigenvalue weighted by Crippen LogP contribution is -2.50. The van der Waals surface area contributed by atoms with Gasteiger partial charge in [0.05, 0.1) is 29.5 Å². The van der Waals surface area contributed by atoms with Crippen LogP contribution in [-0.2, 0) is 11.3 Å². The van der Waals surface area contributed by atoms with Gasteiger partial charge in [0.2, 0.25) is 0 Å². The molecule has 0 spiro atoms. The first-order valence-electron chi connectivity index (χ1n) is 7.91. The Morgan fingerprint density at radius 2 is 2.33 bits per heavy atom. The molecule has 5 nitrogen and oxygen atoms in total. The molecule has 0 N–H and O–H groups in total. The molecule has 0 saturated carbocycles. The molecule has 4 rings (SSSR count). The number of fused-ring (bicyclic) bond motifs is 1. The number of ether oxygens (including phenoxy) is 1. The molecule has 0 aromatic carbocycles. The van der Waals surface area contributed by atoms with Crippen molar-refractivity contribution in [3.63, 3.8) is 0 Å². The molecular formula is C16H18FN3O2S2. The second-order valence-corrected chi connectivity index (χ2v) is 8.09. The summed E-state index contributed by atoms with van der Waals surface area (Å²) in [5, 5.41) is 4.75. The summed E-state index contributed by atoms with van der Waals surface area (Å²) in [5.74, 6) is -0.666. The normalized spacial score (nSPS) is 24.3. The maximum Gasteiger partial charge on any atom is 0.267 e. The summed E-state index contributed by atoms with van der Waals surface area (Å²) < 4.78 is 19.6. The van der Waals surface area contributed by atoms with E-state index in [1.54, 1.807) is 21.6 Å². The quantitative estimate of drug-likeness (QED) is 0.836. The van der Waals surface area contributed by atoms with E-state index >= 15 is 0 Å². The predicted molar refractivity (Wildman–Crippen MR) is 91.0 cm³/mol. The van der Waals surface area contributed by atoms with Crippen molar-refractivity contribution in [3.8, 4) is 0 Å². The molecule has 2 aromatic heterocycles. The monoisotopic (exact) mass is 367 g/mol. The van der Waals surface area contributed by atoms with Gasteiger partial charge >= 0.3 is 0 Å². The molecule has 0 radical (unpaired) electrons. The van der Waals surface area contributed by atoms with Crippen LogP contribution in [0.1, 0.15) is 20.4 Å². The Morgan fingerprint density at radius 1 is 1.46 bits per heavy atom. The molecule has 0 bridgehead atoms. The minimum atomic E-state index is -0.435. The van der Waals surface area contributed by atoms with Crippen LogP contribution < -0.4 is 0 Å². The Labute approximate surface area is 147 Å². The third kappa shape index (κ3) is 2.99. The van der Waals surface area contributed by atoms with Crippen molar-refractivity contribution >= 4 is 28.6 Å². The van der Waals surface area contributed by atoms with Gasteiger partial charge in [0, 0.05) is 31.6 Å². The minimum Gasteiger partial charge on any atom is -0.373 e. The fourth-order valence-corrected chi connectivity index (χ4v) is 4.74. The summed E-state index contributed by atoms with van der Waals surface area (Å²) >= 11 is 2.80. The van der Waals surface area contributed by atoms with Gasteiger partial charge in [-0.15, -0.1) is 22.7 Å². The molecule has 0 aliphatic carbocycles. The van der Waals surface area contributed by atoms with Crippen LogP contribution in [-0.4, -0.2) is 59.1 Å². The number of halogens is 1. The molecule has 2 saturated heterocycles. The van der Waals surface area contributed by atoms with E-state index in [0.717, 1.165) is 35.1 Å². The standard InChI is InChI=1S/C16H18FN3O2S2/c1-10-18-11(9-24-10)6-19-3-4-22-14-8-20(7-13(14)19)16(21)15-12(17)2-5-23-15/h2,5,9,13-14H,3-4,6-8H2,1H3/t13-,14-/m0/s1. The van der Waals surface area contributed by atoms with Gasteiger partial charge in [0.1, 0.15) is 10.7 Å². The molecule has 24 heavy (non-hydrogen) atoms. The van der Waals surface area contributed by atoms with Crippen LogP contribution in [0, 0.1) is 12.7 Å². The third-order valence-electron chi connectivity index (χ3n) is 4.55. The zero-order valence-electron chi connectivity index (χ0n) is 13.3. The lowest BCUT2D eigenvalue weighted by Gasteiger charge is -2.36. The van der Waals surface area contributed by atoms with Gasteiger partial charge in [-0.25, -0.2) is 9.37 Å². The van der Waals surface area contributed by atoms with E-state index in [1.807, 2.05) is 6.92 Å². The van der Waals surface area contributed by atoms with E-state index in [2.05, 4.69) is 15.3 Å². The molecule has 8 heteroatoms. The van der Waals surface area contributed by atoms with Gasteiger partial charge in [-0.05, 0) is 18.4 Å². The second kappa shape index (κ2) is 6.51. The molecule has 4 heterocycles. The van der Waals surface area contributed by atoms with Gasteiger partial charge in [-0.1, -0.05) is 0 Å². The van der Waals surface area contributed by atoms with E-state index in [1.165, 1.54) is 6.07 Å². The lowest BCUT2D eigenvalue weighted by atomic mass is 10.1. The van der Waals surface area contributed by atoms with Crippen LogP contribution >= 0.6 is 22.7 Å². The SMILES string of the molecule is Cc1nc(CN2CCO[C@H]3CN(C(=O)c4sccc4F)C[C@@H]32)cs1. The number of rotatable bonds is 3. The first-order valence-corrected chi connectivity index (χ1v) is 9.66. The fourth-order valence-electron chi connectivity index (χ4n) is 3.40. The highest BCUT2D eigenvalue weighted by Crippen LogP contribution is 2.27. The number of nitrogens with zero attached hydrogens (tertiary/aromatic N) is 3. The number of aryl methyl sites for hydroxylation is 1. The molecular weight excluding hydrogens is 349 g/mol. The summed E-state index contributed by atoms with van der Waals surface area (Å²) in [6.07, 6.45) is -0.00884. The number of likely N-dealkylation sites (tertiary alicyclic amines) is 1. The Balaban J connectivity index is 1.48. The van der Waals surface area contributed by atoms with Gasteiger partial charge in [0.25, 0.3) is 5.91 Å². The molecule has 128 valence electrons. The average molecular weight is 367 g/mol. The molecule has 2 fully saturated rings. The highest BCUT2D eigenvalue weighted by atomic mass is 32.1.